The van der Waals surface area contributed by atoms with Crippen LogP contribution in [0.5, 0.6) is 0 Å². The van der Waals surface area contributed by atoms with Crippen molar-refractivity contribution in [3.8, 4) is 0 Å². The van der Waals surface area contributed by atoms with Crippen molar-refractivity contribution in [3.63, 3.8) is 0 Å². The van der Waals surface area contributed by atoms with Gasteiger partial charge < -0.3 is 4.74 Å². The number of piperidine rings is 1. The molecule has 14 heavy (non-hydrogen) atoms. The number of nitrogens with one attached hydrogen (secondary N) is 1. The molecule has 2 rings (SSSR count). The molecular weight excluding hydrogens is 176 g/mol. The lowest BCUT2D eigenvalue weighted by Crippen LogP contribution is -2.36. The monoisotopic (exact) mass is 192 g/mol. The molecule has 1 N–H and O–H groups in total. The molecule has 0 bridgehead atoms. The predicted octanol–water partition coefficient (Wildman–Crippen LogP) is 1.70. The Morgan fingerprint density at radius 1 is 1.43 bits per heavy atom. The number of nitrogens with zero attached hydrogens (tertiary/aromatic N) is 1. The summed E-state index contributed by atoms with van der Waals surface area (Å²) in [6, 6.07) is 5.89. The Kier molecular flexibility index (Phi) is 3.49. The van der Waals surface area contributed by atoms with E-state index in [1.165, 1.54) is 12.8 Å². The SMILES string of the molecule is c1ccc(COC2CCCCN2)nc1. The van der Waals surface area contributed by atoms with Crippen LogP contribution in [0.1, 0.15) is 25.0 Å². The highest BCUT2D eigenvalue weighted by atomic mass is 16.5. The first-order chi connectivity index (χ1) is 6.95. The smallest absolute Gasteiger partial charge is 0.108 e. The standard InChI is InChI=1S/C11H16N2O/c1-3-7-12-10(5-1)9-14-11-6-2-4-8-13-11/h1,3,5,7,11,13H,2,4,6,8-9H2. The largest absolute Gasteiger partial charge is 0.357 e. The normalized spacial score (nSPS) is 22.1. The van der Waals surface area contributed by atoms with Gasteiger partial charge in [-0.1, -0.05) is 6.07 Å². The summed E-state index contributed by atoms with van der Waals surface area (Å²) in [6.07, 6.45) is 5.68. The van der Waals surface area contributed by atoms with Gasteiger partial charge in [0.05, 0.1) is 12.3 Å². The van der Waals surface area contributed by atoms with Gasteiger partial charge in [0.15, 0.2) is 0 Å². The molecule has 0 aliphatic carbocycles. The first kappa shape index (κ1) is 9.62. The molecule has 1 aliphatic heterocycles. The van der Waals surface area contributed by atoms with Gasteiger partial charge in [-0.25, -0.2) is 0 Å². The topological polar surface area (TPSA) is 34.1 Å². The Morgan fingerprint density at radius 2 is 2.43 bits per heavy atom. The Balaban J connectivity index is 1.76. The number of ether oxygens (including phenoxy) is 1. The summed E-state index contributed by atoms with van der Waals surface area (Å²) in [5.74, 6) is 0. The Hall–Kier alpha value is -0.930. The third-order valence-corrected chi connectivity index (χ3v) is 2.42. The summed E-state index contributed by atoms with van der Waals surface area (Å²) in [5.41, 5.74) is 1.000. The minimum atomic E-state index is 0.228. The summed E-state index contributed by atoms with van der Waals surface area (Å²) >= 11 is 0. The quantitative estimate of drug-likeness (QED) is 0.791. The first-order valence-electron chi connectivity index (χ1n) is 5.20. The van der Waals surface area contributed by atoms with Crippen molar-refractivity contribution in [2.45, 2.75) is 32.1 Å². The van der Waals surface area contributed by atoms with Gasteiger partial charge in [-0.2, -0.15) is 0 Å². The zero-order valence-electron chi connectivity index (χ0n) is 8.28. The van der Waals surface area contributed by atoms with E-state index in [4.69, 9.17) is 4.74 Å². The van der Waals surface area contributed by atoms with Crippen molar-refractivity contribution in [1.29, 1.82) is 0 Å². The van der Waals surface area contributed by atoms with E-state index in [1.807, 2.05) is 18.2 Å². The molecule has 1 fully saturated rings. The fraction of sp³-hybridized carbons (Fsp3) is 0.545. The number of aromatic nitrogens is 1. The molecule has 1 saturated heterocycles. The van der Waals surface area contributed by atoms with E-state index in [0.29, 0.717) is 6.61 Å². The highest BCUT2D eigenvalue weighted by Crippen LogP contribution is 2.09. The van der Waals surface area contributed by atoms with Crippen LogP contribution in [0, 0.1) is 0 Å². The molecule has 2 heterocycles. The van der Waals surface area contributed by atoms with E-state index in [1.54, 1.807) is 6.20 Å². The molecular formula is C11H16N2O. The molecule has 0 amide bonds. The van der Waals surface area contributed by atoms with Crippen molar-refractivity contribution < 1.29 is 4.74 Å². The van der Waals surface area contributed by atoms with Crippen molar-refractivity contribution in [1.82, 2.24) is 10.3 Å². The second-order valence-corrected chi connectivity index (χ2v) is 3.57. The van der Waals surface area contributed by atoms with Crippen LogP contribution in [0.4, 0.5) is 0 Å². The number of hydrogen-bond donors (Lipinski definition) is 1. The lowest BCUT2D eigenvalue weighted by molar-refractivity contribution is -0.000252. The molecule has 1 aromatic rings. The maximum Gasteiger partial charge on any atom is 0.108 e. The molecule has 1 aromatic heterocycles. The van der Waals surface area contributed by atoms with Gasteiger partial charge in [-0.05, 0) is 37.9 Å². The molecule has 76 valence electrons. The van der Waals surface area contributed by atoms with Gasteiger partial charge in [0, 0.05) is 6.20 Å². The highest BCUT2D eigenvalue weighted by molar-refractivity contribution is 5.01. The van der Waals surface area contributed by atoms with Gasteiger partial charge in [0.2, 0.25) is 0 Å². The van der Waals surface area contributed by atoms with Gasteiger partial charge >= 0.3 is 0 Å². The molecule has 3 nitrogen and oxygen atoms in total. The Bertz CT molecular complexity index is 257. The second-order valence-electron chi connectivity index (χ2n) is 3.57. The van der Waals surface area contributed by atoms with Gasteiger partial charge in [0.1, 0.15) is 6.23 Å². The predicted molar refractivity (Wildman–Crippen MR) is 54.7 cm³/mol. The second kappa shape index (κ2) is 5.08. The molecule has 1 aliphatic rings. The third-order valence-electron chi connectivity index (χ3n) is 2.42. The van der Waals surface area contributed by atoms with Crippen molar-refractivity contribution >= 4 is 0 Å². The van der Waals surface area contributed by atoms with Gasteiger partial charge in [-0.3, -0.25) is 10.3 Å². The van der Waals surface area contributed by atoms with E-state index in [-0.39, 0.29) is 6.23 Å². The van der Waals surface area contributed by atoms with Crippen LogP contribution in [0.15, 0.2) is 24.4 Å². The third kappa shape index (κ3) is 2.79. The van der Waals surface area contributed by atoms with Crippen LogP contribution in [-0.4, -0.2) is 17.8 Å². The minimum Gasteiger partial charge on any atom is -0.357 e. The summed E-state index contributed by atoms with van der Waals surface area (Å²) < 4.78 is 5.70. The lowest BCUT2D eigenvalue weighted by Gasteiger charge is -2.23. The summed E-state index contributed by atoms with van der Waals surface area (Å²) in [5, 5.41) is 3.34. The minimum absolute atomic E-state index is 0.228. The van der Waals surface area contributed by atoms with E-state index >= 15 is 0 Å². The lowest BCUT2D eigenvalue weighted by atomic mass is 10.1. The van der Waals surface area contributed by atoms with E-state index in [0.717, 1.165) is 18.7 Å². The van der Waals surface area contributed by atoms with Crippen LogP contribution in [0.3, 0.4) is 0 Å². The average Bonchev–Trinajstić information content (AvgIpc) is 2.29. The van der Waals surface area contributed by atoms with Crippen molar-refractivity contribution in [3.05, 3.63) is 30.1 Å². The fourth-order valence-corrected chi connectivity index (χ4v) is 1.63. The van der Waals surface area contributed by atoms with Gasteiger partial charge in [-0.15, -0.1) is 0 Å². The van der Waals surface area contributed by atoms with E-state index < -0.39 is 0 Å². The summed E-state index contributed by atoms with van der Waals surface area (Å²) in [6.45, 7) is 1.69. The van der Waals surface area contributed by atoms with Crippen LogP contribution >= 0.6 is 0 Å². The molecule has 0 spiro atoms. The summed E-state index contributed by atoms with van der Waals surface area (Å²) in [7, 11) is 0. The first-order valence-corrected chi connectivity index (χ1v) is 5.20. The van der Waals surface area contributed by atoms with Crippen LogP contribution in [-0.2, 0) is 11.3 Å². The molecule has 0 saturated carbocycles. The maximum atomic E-state index is 5.70. The van der Waals surface area contributed by atoms with Crippen molar-refractivity contribution in [2.75, 3.05) is 6.54 Å². The molecule has 1 atom stereocenters. The molecule has 1 unspecified atom stereocenters. The van der Waals surface area contributed by atoms with Crippen molar-refractivity contribution in [2.24, 2.45) is 0 Å². The number of rotatable bonds is 3. The van der Waals surface area contributed by atoms with Crippen LogP contribution in [0.25, 0.3) is 0 Å². The fourth-order valence-electron chi connectivity index (χ4n) is 1.63. The average molecular weight is 192 g/mol. The number of pyridine rings is 1. The zero-order chi connectivity index (χ0) is 9.64. The van der Waals surface area contributed by atoms with E-state index in [2.05, 4.69) is 10.3 Å². The molecule has 0 aromatic carbocycles. The maximum absolute atomic E-state index is 5.70. The van der Waals surface area contributed by atoms with Gasteiger partial charge in [0.25, 0.3) is 0 Å². The molecule has 0 radical (unpaired) electrons. The zero-order valence-corrected chi connectivity index (χ0v) is 8.28. The molecule has 3 heteroatoms. The Morgan fingerprint density at radius 3 is 3.14 bits per heavy atom. The van der Waals surface area contributed by atoms with Crippen LogP contribution in [0.2, 0.25) is 0 Å². The van der Waals surface area contributed by atoms with Crippen LogP contribution < -0.4 is 5.32 Å². The number of hydrogen-bond acceptors (Lipinski definition) is 3. The summed E-state index contributed by atoms with van der Waals surface area (Å²) in [4.78, 5) is 4.21. The Labute approximate surface area is 84.5 Å². The highest BCUT2D eigenvalue weighted by Gasteiger charge is 2.12. The van der Waals surface area contributed by atoms with E-state index in [9.17, 15) is 0 Å².